The summed E-state index contributed by atoms with van der Waals surface area (Å²) in [7, 11) is 0. The summed E-state index contributed by atoms with van der Waals surface area (Å²) in [6.07, 6.45) is 5.54. The number of halogens is 1. The van der Waals surface area contributed by atoms with Gasteiger partial charge < -0.3 is 10.1 Å². The maximum atomic E-state index is 12.3. The van der Waals surface area contributed by atoms with Crippen LogP contribution in [0.15, 0.2) is 55.1 Å². The van der Waals surface area contributed by atoms with E-state index in [0.717, 1.165) is 22.3 Å². The molecule has 1 aromatic heterocycles. The van der Waals surface area contributed by atoms with Gasteiger partial charge in [0, 0.05) is 35.5 Å². The summed E-state index contributed by atoms with van der Waals surface area (Å²) < 4.78 is 5.96. The average Bonchev–Trinajstić information content (AvgIpc) is 3.10. The topological polar surface area (TPSA) is 64.1 Å². The van der Waals surface area contributed by atoms with E-state index < -0.39 is 0 Å². The molecule has 2 heterocycles. The van der Waals surface area contributed by atoms with Crippen molar-refractivity contribution >= 4 is 17.5 Å². The first-order chi connectivity index (χ1) is 13.1. The SMILES string of the molecule is Cc1cccc(C(=O)NC[C@@H]2Cc3cc(-c4cncnc4)cc(Cl)c3O2)c1. The molecule has 0 spiro atoms. The normalized spacial score (nSPS) is 15.1. The number of aryl methyl sites for hydroxylation is 1. The zero-order chi connectivity index (χ0) is 18.8. The maximum Gasteiger partial charge on any atom is 0.251 e. The van der Waals surface area contributed by atoms with Crippen molar-refractivity contribution in [1.82, 2.24) is 15.3 Å². The van der Waals surface area contributed by atoms with Crippen LogP contribution in [0, 0.1) is 6.92 Å². The Morgan fingerprint density at radius 2 is 2.04 bits per heavy atom. The second-order valence-corrected chi connectivity index (χ2v) is 7.00. The Morgan fingerprint density at radius 3 is 2.81 bits per heavy atom. The maximum absolute atomic E-state index is 12.3. The molecule has 0 saturated carbocycles. The highest BCUT2D eigenvalue weighted by molar-refractivity contribution is 6.32. The summed E-state index contributed by atoms with van der Waals surface area (Å²) in [4.78, 5) is 20.4. The number of benzene rings is 2. The first kappa shape index (κ1) is 17.5. The first-order valence-corrected chi connectivity index (χ1v) is 9.07. The molecule has 5 nitrogen and oxygen atoms in total. The molecule has 1 N–H and O–H groups in total. The summed E-state index contributed by atoms with van der Waals surface area (Å²) in [5.74, 6) is 0.582. The van der Waals surface area contributed by atoms with Crippen molar-refractivity contribution in [3.05, 3.63) is 76.8 Å². The Morgan fingerprint density at radius 1 is 1.22 bits per heavy atom. The van der Waals surface area contributed by atoms with E-state index >= 15 is 0 Å². The van der Waals surface area contributed by atoms with Gasteiger partial charge in [0.15, 0.2) is 0 Å². The molecule has 1 aliphatic rings. The minimum atomic E-state index is -0.145. The lowest BCUT2D eigenvalue weighted by atomic mass is 10.0. The van der Waals surface area contributed by atoms with Crippen molar-refractivity contribution in [2.75, 3.05) is 6.54 Å². The van der Waals surface area contributed by atoms with Gasteiger partial charge >= 0.3 is 0 Å². The fourth-order valence-corrected chi connectivity index (χ4v) is 3.49. The number of fused-ring (bicyclic) bond motifs is 1. The predicted octanol–water partition coefficient (Wildman–Crippen LogP) is 3.84. The molecular weight excluding hydrogens is 362 g/mol. The molecule has 0 bridgehead atoms. The van der Waals surface area contributed by atoms with E-state index in [4.69, 9.17) is 16.3 Å². The van der Waals surface area contributed by atoms with Gasteiger partial charge in [0.25, 0.3) is 5.91 Å². The lowest BCUT2D eigenvalue weighted by Gasteiger charge is -2.12. The van der Waals surface area contributed by atoms with E-state index in [1.54, 1.807) is 18.5 Å². The summed E-state index contributed by atoms with van der Waals surface area (Å²) >= 11 is 6.41. The van der Waals surface area contributed by atoms with Crippen molar-refractivity contribution in [2.45, 2.75) is 19.4 Å². The van der Waals surface area contributed by atoms with Gasteiger partial charge in [-0.05, 0) is 36.8 Å². The quantitative estimate of drug-likeness (QED) is 0.748. The third-order valence-corrected chi connectivity index (χ3v) is 4.80. The molecular formula is C21H18ClN3O2. The van der Waals surface area contributed by atoms with Gasteiger partial charge in [-0.15, -0.1) is 0 Å². The third-order valence-electron chi connectivity index (χ3n) is 4.52. The molecule has 136 valence electrons. The number of carbonyl (C=O) groups is 1. The van der Waals surface area contributed by atoms with Crippen LogP contribution in [0.5, 0.6) is 5.75 Å². The number of hydrogen-bond acceptors (Lipinski definition) is 4. The van der Waals surface area contributed by atoms with Crippen molar-refractivity contribution in [3.8, 4) is 16.9 Å². The number of aromatic nitrogens is 2. The molecule has 0 radical (unpaired) electrons. The molecule has 2 aromatic carbocycles. The standard InChI is InChI=1S/C21H18ClN3O2/c1-13-3-2-4-14(5-13)21(26)25-11-18-7-16-6-15(8-19(22)20(16)27-18)17-9-23-12-24-10-17/h2-6,8-10,12,18H,7,11H2,1H3,(H,25,26)/t18-/m0/s1. The largest absolute Gasteiger partial charge is 0.486 e. The average molecular weight is 380 g/mol. The van der Waals surface area contributed by atoms with Crippen LogP contribution < -0.4 is 10.1 Å². The number of nitrogens with zero attached hydrogens (tertiary/aromatic N) is 2. The molecule has 1 aliphatic heterocycles. The Kier molecular flexibility index (Phi) is 4.77. The third kappa shape index (κ3) is 3.78. The monoisotopic (exact) mass is 379 g/mol. The van der Waals surface area contributed by atoms with Crippen LogP contribution in [0.1, 0.15) is 21.5 Å². The van der Waals surface area contributed by atoms with Crippen LogP contribution in [-0.2, 0) is 6.42 Å². The molecule has 3 aromatic rings. The van der Waals surface area contributed by atoms with Crippen LogP contribution >= 0.6 is 11.6 Å². The highest BCUT2D eigenvalue weighted by Crippen LogP contribution is 2.39. The lowest BCUT2D eigenvalue weighted by molar-refractivity contribution is 0.0933. The van der Waals surface area contributed by atoms with E-state index in [0.29, 0.717) is 29.3 Å². The van der Waals surface area contributed by atoms with Gasteiger partial charge in [0.1, 0.15) is 18.2 Å². The Balaban J connectivity index is 1.45. The van der Waals surface area contributed by atoms with Crippen LogP contribution in [0.25, 0.3) is 11.1 Å². The fourth-order valence-electron chi connectivity index (χ4n) is 3.21. The summed E-state index contributed by atoms with van der Waals surface area (Å²) in [5.41, 5.74) is 4.58. The van der Waals surface area contributed by atoms with E-state index in [1.165, 1.54) is 6.33 Å². The zero-order valence-electron chi connectivity index (χ0n) is 14.8. The van der Waals surface area contributed by atoms with E-state index in [-0.39, 0.29) is 12.0 Å². The number of ether oxygens (including phenoxy) is 1. The van der Waals surface area contributed by atoms with Gasteiger partial charge in [0.05, 0.1) is 11.6 Å². The lowest BCUT2D eigenvalue weighted by Crippen LogP contribution is -2.34. The Hall–Kier alpha value is -2.92. The predicted molar refractivity (Wildman–Crippen MR) is 104 cm³/mol. The summed E-state index contributed by atoms with van der Waals surface area (Å²) in [5, 5.41) is 3.50. The van der Waals surface area contributed by atoms with Crippen molar-refractivity contribution in [1.29, 1.82) is 0 Å². The van der Waals surface area contributed by atoms with Gasteiger partial charge in [-0.25, -0.2) is 9.97 Å². The van der Waals surface area contributed by atoms with Crippen LogP contribution in [0.2, 0.25) is 5.02 Å². The summed E-state index contributed by atoms with van der Waals surface area (Å²) in [6.45, 7) is 2.38. The second kappa shape index (κ2) is 7.37. The minimum Gasteiger partial charge on any atom is -0.486 e. The fraction of sp³-hybridized carbons (Fsp3) is 0.190. The zero-order valence-corrected chi connectivity index (χ0v) is 15.5. The number of carbonyl (C=O) groups excluding carboxylic acids is 1. The Labute approximate surface area is 162 Å². The van der Waals surface area contributed by atoms with Gasteiger partial charge in [-0.3, -0.25) is 4.79 Å². The molecule has 4 rings (SSSR count). The van der Waals surface area contributed by atoms with Crippen LogP contribution in [0.4, 0.5) is 0 Å². The van der Waals surface area contributed by atoms with Gasteiger partial charge in [0.2, 0.25) is 0 Å². The molecule has 0 unspecified atom stereocenters. The molecule has 27 heavy (non-hydrogen) atoms. The highest BCUT2D eigenvalue weighted by Gasteiger charge is 2.26. The Bertz CT molecular complexity index is 992. The molecule has 0 aliphatic carbocycles. The summed E-state index contributed by atoms with van der Waals surface area (Å²) in [6, 6.07) is 11.4. The molecule has 0 fully saturated rings. The molecule has 1 amide bonds. The van der Waals surface area contributed by atoms with E-state index in [2.05, 4.69) is 15.3 Å². The van der Waals surface area contributed by atoms with Crippen LogP contribution in [0.3, 0.4) is 0 Å². The van der Waals surface area contributed by atoms with Crippen molar-refractivity contribution in [3.63, 3.8) is 0 Å². The highest BCUT2D eigenvalue weighted by atomic mass is 35.5. The number of nitrogens with one attached hydrogen (secondary N) is 1. The van der Waals surface area contributed by atoms with Gasteiger partial charge in [-0.2, -0.15) is 0 Å². The van der Waals surface area contributed by atoms with Crippen molar-refractivity contribution < 1.29 is 9.53 Å². The van der Waals surface area contributed by atoms with Crippen LogP contribution in [-0.4, -0.2) is 28.5 Å². The number of amides is 1. The minimum absolute atomic E-state index is 0.105. The van der Waals surface area contributed by atoms with E-state index in [1.807, 2.05) is 37.3 Å². The van der Waals surface area contributed by atoms with Crippen molar-refractivity contribution in [2.24, 2.45) is 0 Å². The molecule has 0 saturated heterocycles. The molecule has 1 atom stereocenters. The van der Waals surface area contributed by atoms with Gasteiger partial charge in [-0.1, -0.05) is 29.3 Å². The molecule has 6 heteroatoms. The first-order valence-electron chi connectivity index (χ1n) is 8.69. The number of rotatable bonds is 4. The van der Waals surface area contributed by atoms with E-state index in [9.17, 15) is 4.79 Å². The smallest absolute Gasteiger partial charge is 0.251 e. The second-order valence-electron chi connectivity index (χ2n) is 6.60. The number of hydrogen-bond donors (Lipinski definition) is 1.